The lowest BCUT2D eigenvalue weighted by Gasteiger charge is -2.08. The van der Waals surface area contributed by atoms with Crippen LogP contribution >= 0.6 is 15.9 Å². The lowest BCUT2D eigenvalue weighted by Crippen LogP contribution is -2.32. The highest BCUT2D eigenvalue weighted by Crippen LogP contribution is 2.28. The molecule has 2 aromatic heterocycles. The molecule has 0 fully saturated rings. The van der Waals surface area contributed by atoms with Gasteiger partial charge in [0.25, 0.3) is 0 Å². The topological polar surface area (TPSA) is 67.7 Å². The molecule has 0 aliphatic heterocycles. The van der Waals surface area contributed by atoms with Crippen molar-refractivity contribution in [1.82, 2.24) is 4.40 Å². The van der Waals surface area contributed by atoms with E-state index < -0.39 is 12.0 Å². The third-order valence-corrected chi connectivity index (χ3v) is 3.87. The number of hydrogen-bond donors (Lipinski definition) is 2. The van der Waals surface area contributed by atoms with E-state index in [0.29, 0.717) is 6.42 Å². The van der Waals surface area contributed by atoms with Crippen molar-refractivity contribution < 1.29 is 9.90 Å². The van der Waals surface area contributed by atoms with Gasteiger partial charge in [0.1, 0.15) is 6.04 Å². The van der Waals surface area contributed by atoms with Crippen molar-refractivity contribution >= 4 is 27.4 Å². The molecule has 0 saturated carbocycles. The molecule has 0 radical (unpaired) electrons. The molecule has 3 N–H and O–H groups in total. The third-order valence-electron chi connectivity index (χ3n) is 2.87. The van der Waals surface area contributed by atoms with Crippen molar-refractivity contribution in [3.8, 4) is 0 Å². The number of nitrogens with two attached hydrogens (primary N) is 1. The van der Waals surface area contributed by atoms with Crippen LogP contribution in [0.25, 0.3) is 5.52 Å². The van der Waals surface area contributed by atoms with Crippen LogP contribution in [0, 0.1) is 6.92 Å². The van der Waals surface area contributed by atoms with E-state index in [1.807, 2.05) is 35.7 Å². The predicted octanol–water partition coefficient (Wildman–Crippen LogP) is 1.96. The SMILES string of the molecule is Cc1c(Br)c2ccccn2c1CC(N)C(=O)O. The van der Waals surface area contributed by atoms with Crippen LogP contribution in [0.5, 0.6) is 0 Å². The van der Waals surface area contributed by atoms with E-state index in [9.17, 15) is 4.79 Å². The number of rotatable bonds is 3. The Kier molecular flexibility index (Phi) is 3.22. The number of fused-ring (bicyclic) bond motifs is 1. The molecule has 5 heteroatoms. The number of carboxylic acids is 1. The summed E-state index contributed by atoms with van der Waals surface area (Å²) < 4.78 is 2.97. The first-order chi connectivity index (χ1) is 8.02. The highest BCUT2D eigenvalue weighted by Gasteiger charge is 2.18. The van der Waals surface area contributed by atoms with Crippen LogP contribution < -0.4 is 5.73 Å². The van der Waals surface area contributed by atoms with Crippen molar-refractivity contribution in [2.24, 2.45) is 5.73 Å². The Hall–Kier alpha value is -1.33. The Morgan fingerprint density at radius 2 is 2.29 bits per heavy atom. The Bertz CT molecular complexity index is 577. The Morgan fingerprint density at radius 3 is 2.94 bits per heavy atom. The minimum Gasteiger partial charge on any atom is -0.480 e. The molecule has 0 aliphatic rings. The summed E-state index contributed by atoms with van der Waals surface area (Å²) in [6, 6.07) is 4.96. The summed E-state index contributed by atoms with van der Waals surface area (Å²) in [7, 11) is 0. The quantitative estimate of drug-likeness (QED) is 0.910. The summed E-state index contributed by atoms with van der Waals surface area (Å²) >= 11 is 3.52. The maximum absolute atomic E-state index is 10.8. The number of aromatic nitrogens is 1. The molecular weight excluding hydrogens is 284 g/mol. The van der Waals surface area contributed by atoms with Gasteiger partial charge in [-0.05, 0) is 40.5 Å². The molecule has 1 atom stereocenters. The molecule has 90 valence electrons. The first-order valence-electron chi connectivity index (χ1n) is 5.24. The molecule has 2 rings (SSSR count). The average molecular weight is 297 g/mol. The Labute approximate surface area is 107 Å². The maximum atomic E-state index is 10.8. The first kappa shape index (κ1) is 12.1. The van der Waals surface area contributed by atoms with Crippen LogP contribution in [0.1, 0.15) is 11.3 Å². The van der Waals surface area contributed by atoms with Crippen LogP contribution in [-0.4, -0.2) is 21.5 Å². The van der Waals surface area contributed by atoms with Gasteiger partial charge >= 0.3 is 5.97 Å². The highest BCUT2D eigenvalue weighted by atomic mass is 79.9. The minimum atomic E-state index is -0.980. The zero-order chi connectivity index (χ0) is 12.6. The zero-order valence-corrected chi connectivity index (χ0v) is 10.9. The molecule has 17 heavy (non-hydrogen) atoms. The van der Waals surface area contributed by atoms with Crippen molar-refractivity contribution in [1.29, 1.82) is 0 Å². The fourth-order valence-electron chi connectivity index (χ4n) is 1.90. The van der Waals surface area contributed by atoms with E-state index in [1.54, 1.807) is 0 Å². The number of nitrogens with zero attached hydrogens (tertiary/aromatic N) is 1. The van der Waals surface area contributed by atoms with Crippen LogP contribution in [-0.2, 0) is 11.2 Å². The predicted molar refractivity (Wildman–Crippen MR) is 69.1 cm³/mol. The summed E-state index contributed by atoms with van der Waals surface area (Å²) in [5.74, 6) is -0.980. The van der Waals surface area contributed by atoms with Crippen LogP contribution in [0.2, 0.25) is 0 Å². The standard InChI is InChI=1S/C12H13BrN2O2/c1-7-10(6-8(14)12(16)17)15-5-3-2-4-9(15)11(7)13/h2-5,8H,6,14H2,1H3,(H,16,17). The van der Waals surface area contributed by atoms with E-state index in [2.05, 4.69) is 15.9 Å². The van der Waals surface area contributed by atoms with Crippen molar-refractivity contribution in [3.05, 3.63) is 40.1 Å². The van der Waals surface area contributed by atoms with E-state index in [0.717, 1.165) is 21.2 Å². The lowest BCUT2D eigenvalue weighted by atomic mass is 10.1. The van der Waals surface area contributed by atoms with Gasteiger partial charge in [0.05, 0.1) is 5.52 Å². The van der Waals surface area contributed by atoms with Gasteiger partial charge in [0, 0.05) is 22.8 Å². The number of aliphatic carboxylic acids is 1. The zero-order valence-electron chi connectivity index (χ0n) is 9.35. The van der Waals surface area contributed by atoms with E-state index in [-0.39, 0.29) is 0 Å². The lowest BCUT2D eigenvalue weighted by molar-refractivity contribution is -0.138. The van der Waals surface area contributed by atoms with Gasteiger partial charge in [0.15, 0.2) is 0 Å². The molecule has 1 unspecified atom stereocenters. The van der Waals surface area contributed by atoms with E-state index in [4.69, 9.17) is 10.8 Å². The summed E-state index contributed by atoms with van der Waals surface area (Å²) in [6.45, 7) is 1.96. The normalized spacial score (nSPS) is 12.9. The Balaban J connectivity index is 2.53. The van der Waals surface area contributed by atoms with Gasteiger partial charge < -0.3 is 15.2 Å². The first-order valence-corrected chi connectivity index (χ1v) is 6.04. The second-order valence-electron chi connectivity index (χ2n) is 3.99. The van der Waals surface area contributed by atoms with Crippen molar-refractivity contribution in [2.75, 3.05) is 0 Å². The summed E-state index contributed by atoms with van der Waals surface area (Å²) in [6.07, 6.45) is 2.23. The molecule has 2 heterocycles. The smallest absolute Gasteiger partial charge is 0.320 e. The molecule has 0 bridgehead atoms. The monoisotopic (exact) mass is 296 g/mol. The number of hydrogen-bond acceptors (Lipinski definition) is 2. The number of pyridine rings is 1. The largest absolute Gasteiger partial charge is 0.480 e. The number of carbonyl (C=O) groups is 1. The van der Waals surface area contributed by atoms with Crippen molar-refractivity contribution in [3.63, 3.8) is 0 Å². The van der Waals surface area contributed by atoms with Crippen LogP contribution in [0.15, 0.2) is 28.9 Å². The van der Waals surface area contributed by atoms with E-state index >= 15 is 0 Å². The van der Waals surface area contributed by atoms with Crippen LogP contribution in [0.4, 0.5) is 0 Å². The minimum absolute atomic E-state index is 0.317. The number of carboxylic acid groups (broad SMARTS) is 1. The molecular formula is C12H13BrN2O2. The summed E-state index contributed by atoms with van der Waals surface area (Å²) in [4.78, 5) is 10.8. The fraction of sp³-hybridized carbons (Fsp3) is 0.250. The van der Waals surface area contributed by atoms with Gasteiger partial charge in [-0.1, -0.05) is 6.07 Å². The second kappa shape index (κ2) is 4.50. The summed E-state index contributed by atoms with van der Waals surface area (Å²) in [5, 5.41) is 8.87. The molecule has 0 aliphatic carbocycles. The Morgan fingerprint density at radius 1 is 1.59 bits per heavy atom. The number of halogens is 1. The fourth-order valence-corrected chi connectivity index (χ4v) is 2.46. The summed E-state index contributed by atoms with van der Waals surface area (Å²) in [5.41, 5.74) is 8.58. The van der Waals surface area contributed by atoms with Crippen molar-refractivity contribution in [2.45, 2.75) is 19.4 Å². The van der Waals surface area contributed by atoms with E-state index in [1.165, 1.54) is 0 Å². The molecule has 0 aromatic carbocycles. The molecule has 0 spiro atoms. The average Bonchev–Trinajstić information content (AvgIpc) is 2.55. The molecule has 0 saturated heterocycles. The third kappa shape index (κ3) is 2.08. The van der Waals surface area contributed by atoms with Gasteiger partial charge in [-0.2, -0.15) is 0 Å². The van der Waals surface area contributed by atoms with Gasteiger partial charge in [-0.15, -0.1) is 0 Å². The highest BCUT2D eigenvalue weighted by molar-refractivity contribution is 9.10. The van der Waals surface area contributed by atoms with Gasteiger partial charge in [0.2, 0.25) is 0 Å². The van der Waals surface area contributed by atoms with Gasteiger partial charge in [-0.25, -0.2) is 0 Å². The molecule has 0 amide bonds. The second-order valence-corrected chi connectivity index (χ2v) is 4.78. The maximum Gasteiger partial charge on any atom is 0.320 e. The molecule has 4 nitrogen and oxygen atoms in total. The molecule has 2 aromatic rings. The van der Waals surface area contributed by atoms with Crippen LogP contribution in [0.3, 0.4) is 0 Å². The van der Waals surface area contributed by atoms with Gasteiger partial charge in [-0.3, -0.25) is 4.79 Å².